The van der Waals surface area contributed by atoms with Crippen molar-refractivity contribution >= 4 is 35.6 Å². The summed E-state index contributed by atoms with van der Waals surface area (Å²) in [6, 6.07) is 11.4. The first-order chi connectivity index (χ1) is 12.0. The van der Waals surface area contributed by atoms with Gasteiger partial charge in [-0.25, -0.2) is 13.8 Å². The normalized spacial score (nSPS) is 10.9. The summed E-state index contributed by atoms with van der Waals surface area (Å²) in [5.41, 5.74) is 2.30. The van der Waals surface area contributed by atoms with E-state index in [4.69, 9.17) is 0 Å². The Hall–Kier alpha value is -1.90. The van der Waals surface area contributed by atoms with Gasteiger partial charge < -0.3 is 15.5 Å². The Kier molecular flexibility index (Phi) is 9.32. The summed E-state index contributed by atoms with van der Waals surface area (Å²) in [6.45, 7) is 3.58. The zero-order chi connectivity index (χ0) is 18.2. The number of anilines is 1. The van der Waals surface area contributed by atoms with Gasteiger partial charge in [0.2, 0.25) is 0 Å². The van der Waals surface area contributed by atoms with Crippen molar-refractivity contribution in [1.29, 1.82) is 0 Å². The van der Waals surface area contributed by atoms with E-state index in [-0.39, 0.29) is 35.6 Å². The van der Waals surface area contributed by atoms with E-state index >= 15 is 0 Å². The molecule has 2 rings (SSSR count). The second kappa shape index (κ2) is 10.9. The van der Waals surface area contributed by atoms with Gasteiger partial charge in [-0.3, -0.25) is 0 Å². The maximum atomic E-state index is 14.0. The van der Waals surface area contributed by atoms with Crippen LogP contribution in [0.4, 0.5) is 14.5 Å². The first-order valence-electron chi connectivity index (χ1n) is 8.22. The molecule has 142 valence electrons. The lowest BCUT2D eigenvalue weighted by Crippen LogP contribution is -2.36. The molecule has 0 spiro atoms. The molecule has 0 atom stereocenters. The quantitative estimate of drug-likeness (QED) is 0.379. The summed E-state index contributed by atoms with van der Waals surface area (Å²) in [5.74, 6) is 0.110. The molecule has 0 aliphatic rings. The fourth-order valence-corrected chi connectivity index (χ4v) is 2.31. The van der Waals surface area contributed by atoms with Gasteiger partial charge in [0, 0.05) is 27.2 Å². The highest BCUT2D eigenvalue weighted by Crippen LogP contribution is 2.18. The smallest absolute Gasteiger partial charge is 0.191 e. The van der Waals surface area contributed by atoms with E-state index in [1.165, 1.54) is 18.2 Å². The van der Waals surface area contributed by atoms with Gasteiger partial charge in [-0.15, -0.1) is 24.0 Å². The minimum absolute atomic E-state index is 0. The average Bonchev–Trinajstić information content (AvgIpc) is 2.58. The Morgan fingerprint density at radius 3 is 2.23 bits per heavy atom. The Labute approximate surface area is 170 Å². The molecule has 7 heteroatoms. The largest absolute Gasteiger partial charge is 0.375 e. The first kappa shape index (κ1) is 22.1. The molecule has 0 aliphatic carbocycles. The average molecular weight is 474 g/mol. The zero-order valence-corrected chi connectivity index (χ0v) is 17.6. The van der Waals surface area contributed by atoms with Gasteiger partial charge in [-0.2, -0.15) is 0 Å². The number of rotatable bonds is 6. The molecular formula is C19H25F2IN4. The van der Waals surface area contributed by atoms with Crippen LogP contribution in [0.5, 0.6) is 0 Å². The van der Waals surface area contributed by atoms with Crippen LogP contribution in [0.3, 0.4) is 0 Å². The number of nitrogens with one attached hydrogen (secondary N) is 2. The van der Waals surface area contributed by atoms with Gasteiger partial charge in [-0.05, 0) is 42.3 Å². The third kappa shape index (κ3) is 6.78. The molecular weight excluding hydrogens is 449 g/mol. The topological polar surface area (TPSA) is 39.7 Å². The summed E-state index contributed by atoms with van der Waals surface area (Å²) >= 11 is 0. The molecule has 0 saturated heterocycles. The zero-order valence-electron chi connectivity index (χ0n) is 15.2. The van der Waals surface area contributed by atoms with E-state index < -0.39 is 0 Å². The number of benzene rings is 2. The lowest BCUT2D eigenvalue weighted by atomic mass is 10.2. The van der Waals surface area contributed by atoms with Gasteiger partial charge in [0.05, 0.1) is 12.2 Å². The molecule has 4 nitrogen and oxygen atoms in total. The van der Waals surface area contributed by atoms with Gasteiger partial charge >= 0.3 is 0 Å². The second-order valence-corrected chi connectivity index (χ2v) is 5.86. The maximum Gasteiger partial charge on any atom is 0.191 e. The Bertz CT molecular complexity index is 718. The first-order valence-corrected chi connectivity index (χ1v) is 8.22. The molecule has 0 aliphatic heterocycles. The molecule has 0 bridgehead atoms. The van der Waals surface area contributed by atoms with Crippen molar-refractivity contribution < 1.29 is 8.78 Å². The molecule has 0 unspecified atom stereocenters. The van der Waals surface area contributed by atoms with Crippen LogP contribution >= 0.6 is 24.0 Å². The lowest BCUT2D eigenvalue weighted by molar-refractivity contribution is 0.623. The lowest BCUT2D eigenvalue weighted by Gasteiger charge is -2.14. The molecule has 0 radical (unpaired) electrons. The van der Waals surface area contributed by atoms with Crippen LogP contribution in [0.2, 0.25) is 0 Å². The van der Waals surface area contributed by atoms with Crippen molar-refractivity contribution in [3.05, 3.63) is 65.2 Å². The molecule has 0 heterocycles. The molecule has 0 fully saturated rings. The highest BCUT2D eigenvalue weighted by molar-refractivity contribution is 14.0. The van der Waals surface area contributed by atoms with E-state index in [0.29, 0.717) is 31.3 Å². The Morgan fingerprint density at radius 2 is 1.65 bits per heavy atom. The Morgan fingerprint density at radius 1 is 1.00 bits per heavy atom. The molecule has 2 aromatic rings. The fourth-order valence-electron chi connectivity index (χ4n) is 2.31. The van der Waals surface area contributed by atoms with Gasteiger partial charge in [-0.1, -0.05) is 18.2 Å². The molecule has 2 aromatic carbocycles. The standard InChI is InChI=1S/C19H24F2N4.HI/c1-4-22-19(23-12-14-5-8-16(20)9-6-14)24-13-15-7-10-18(25(2)3)17(21)11-15;/h5-11H,4,12-13H2,1-3H3,(H2,22,23,24);1H. The van der Waals surface area contributed by atoms with Crippen LogP contribution in [0.25, 0.3) is 0 Å². The SMILES string of the molecule is CCNC(=NCc1ccc(N(C)C)c(F)c1)NCc1ccc(F)cc1.I. The fraction of sp³-hybridized carbons (Fsp3) is 0.316. The van der Waals surface area contributed by atoms with Crippen molar-refractivity contribution in [1.82, 2.24) is 10.6 Å². The van der Waals surface area contributed by atoms with E-state index in [0.717, 1.165) is 11.1 Å². The Balaban J connectivity index is 0.00000338. The van der Waals surface area contributed by atoms with Crippen LogP contribution in [-0.4, -0.2) is 26.6 Å². The molecule has 0 amide bonds. The molecule has 0 saturated carbocycles. The minimum atomic E-state index is -0.262. The van der Waals surface area contributed by atoms with Crippen molar-refractivity contribution in [2.75, 3.05) is 25.5 Å². The van der Waals surface area contributed by atoms with E-state index in [1.807, 2.05) is 13.0 Å². The predicted octanol–water partition coefficient (Wildman–Crippen LogP) is 3.90. The van der Waals surface area contributed by atoms with Crippen LogP contribution in [0, 0.1) is 11.6 Å². The highest BCUT2D eigenvalue weighted by atomic mass is 127. The maximum absolute atomic E-state index is 14.0. The minimum Gasteiger partial charge on any atom is -0.375 e. The van der Waals surface area contributed by atoms with Crippen molar-refractivity contribution in [2.24, 2.45) is 4.99 Å². The number of hydrogen-bond donors (Lipinski definition) is 2. The summed E-state index contributed by atoms with van der Waals surface area (Å²) in [4.78, 5) is 6.20. The van der Waals surface area contributed by atoms with Crippen molar-refractivity contribution in [3.8, 4) is 0 Å². The molecule has 0 aromatic heterocycles. The van der Waals surface area contributed by atoms with Gasteiger partial charge in [0.15, 0.2) is 5.96 Å². The number of nitrogens with zero attached hydrogens (tertiary/aromatic N) is 2. The number of guanidine groups is 1. The highest BCUT2D eigenvalue weighted by Gasteiger charge is 2.05. The molecule has 26 heavy (non-hydrogen) atoms. The van der Waals surface area contributed by atoms with Crippen molar-refractivity contribution in [3.63, 3.8) is 0 Å². The monoisotopic (exact) mass is 474 g/mol. The third-order valence-corrected chi connectivity index (χ3v) is 3.63. The second-order valence-electron chi connectivity index (χ2n) is 5.86. The summed E-state index contributed by atoms with van der Waals surface area (Å²) < 4.78 is 27.0. The van der Waals surface area contributed by atoms with Crippen LogP contribution in [-0.2, 0) is 13.1 Å². The van der Waals surface area contributed by atoms with Gasteiger partial charge in [0.1, 0.15) is 11.6 Å². The van der Waals surface area contributed by atoms with E-state index in [2.05, 4.69) is 15.6 Å². The van der Waals surface area contributed by atoms with E-state index in [1.54, 1.807) is 37.2 Å². The van der Waals surface area contributed by atoms with E-state index in [9.17, 15) is 8.78 Å². The predicted molar refractivity (Wildman–Crippen MR) is 114 cm³/mol. The van der Waals surface area contributed by atoms with Crippen LogP contribution < -0.4 is 15.5 Å². The molecule has 2 N–H and O–H groups in total. The summed E-state index contributed by atoms with van der Waals surface area (Å²) in [7, 11) is 3.61. The number of hydrogen-bond acceptors (Lipinski definition) is 2. The summed E-state index contributed by atoms with van der Waals surface area (Å²) in [6.07, 6.45) is 0. The third-order valence-electron chi connectivity index (χ3n) is 3.63. The number of halogens is 3. The number of aliphatic imine (C=N–C) groups is 1. The van der Waals surface area contributed by atoms with Gasteiger partial charge in [0.25, 0.3) is 0 Å². The van der Waals surface area contributed by atoms with Crippen LogP contribution in [0.1, 0.15) is 18.1 Å². The van der Waals surface area contributed by atoms with Crippen LogP contribution in [0.15, 0.2) is 47.5 Å². The summed E-state index contributed by atoms with van der Waals surface area (Å²) in [5, 5.41) is 6.33. The van der Waals surface area contributed by atoms with Crippen molar-refractivity contribution in [2.45, 2.75) is 20.0 Å².